The van der Waals surface area contributed by atoms with Crippen LogP contribution in [0, 0.1) is 28.6 Å². The van der Waals surface area contributed by atoms with Gasteiger partial charge in [-0.3, -0.25) is 14.6 Å². The zero-order valence-electron chi connectivity index (χ0n) is 21.8. The van der Waals surface area contributed by atoms with Crippen molar-refractivity contribution in [3.63, 3.8) is 0 Å². The largest absolute Gasteiger partial charge is 0.385 e. The van der Waals surface area contributed by atoms with Crippen LogP contribution in [0.1, 0.15) is 77.7 Å². The highest BCUT2D eigenvalue weighted by Crippen LogP contribution is 2.67. The summed E-state index contributed by atoms with van der Waals surface area (Å²) in [5.41, 5.74) is 1.96. The van der Waals surface area contributed by atoms with Gasteiger partial charge in [-0.2, -0.15) is 0 Å². The number of fused-ring (bicyclic) bond motifs is 5. The molecule has 194 valence electrons. The van der Waals surface area contributed by atoms with Gasteiger partial charge in [-0.05, 0) is 99.2 Å². The SMILES string of the molecule is CC(=O)[C@@]1(O)CC[C@H]2[C@@H]3CCC4=C/C(=N\OCC(=O)NCc5cccnc5)CC[C@]4(C)[C@H]3CC[C@@]21C. The molecule has 7 heteroatoms. The Morgan fingerprint density at radius 1 is 1.17 bits per heavy atom. The summed E-state index contributed by atoms with van der Waals surface area (Å²) in [5.74, 6) is 1.28. The molecule has 1 aromatic heterocycles. The van der Waals surface area contributed by atoms with Gasteiger partial charge >= 0.3 is 0 Å². The van der Waals surface area contributed by atoms with Crippen molar-refractivity contribution in [2.45, 2.75) is 84.3 Å². The van der Waals surface area contributed by atoms with Gasteiger partial charge in [0.2, 0.25) is 0 Å². The molecule has 0 aliphatic heterocycles. The number of amides is 1. The number of hydrogen-bond acceptors (Lipinski definition) is 6. The summed E-state index contributed by atoms with van der Waals surface area (Å²) in [6.45, 7) is 6.46. The van der Waals surface area contributed by atoms with E-state index in [0.29, 0.717) is 30.7 Å². The van der Waals surface area contributed by atoms with E-state index in [-0.39, 0.29) is 29.1 Å². The number of nitrogens with zero attached hydrogens (tertiary/aromatic N) is 2. The van der Waals surface area contributed by atoms with Crippen LogP contribution in [-0.2, 0) is 21.0 Å². The number of carbonyl (C=O) groups is 2. The number of Topliss-reactive ketones (excluding diaryl/α,β-unsaturated/α-hetero) is 1. The normalized spacial score (nSPS) is 38.4. The molecule has 0 unspecified atom stereocenters. The topological polar surface area (TPSA) is 101 Å². The number of oxime groups is 1. The van der Waals surface area contributed by atoms with Crippen LogP contribution in [0.2, 0.25) is 0 Å². The summed E-state index contributed by atoms with van der Waals surface area (Å²) in [6, 6.07) is 3.75. The van der Waals surface area contributed by atoms with Gasteiger partial charge in [-0.25, -0.2) is 0 Å². The van der Waals surface area contributed by atoms with Crippen LogP contribution in [0.15, 0.2) is 41.3 Å². The molecule has 0 saturated heterocycles. The van der Waals surface area contributed by atoms with Crippen molar-refractivity contribution < 1.29 is 19.5 Å². The first-order valence-corrected chi connectivity index (χ1v) is 13.5. The summed E-state index contributed by atoms with van der Waals surface area (Å²) < 4.78 is 0. The maximum absolute atomic E-state index is 12.4. The van der Waals surface area contributed by atoms with Crippen LogP contribution < -0.4 is 5.32 Å². The third-order valence-corrected chi connectivity index (χ3v) is 10.3. The summed E-state index contributed by atoms with van der Waals surface area (Å²) in [4.78, 5) is 34.0. The Labute approximate surface area is 213 Å². The highest BCUT2D eigenvalue weighted by atomic mass is 16.6. The summed E-state index contributed by atoms with van der Waals surface area (Å²) in [5, 5.41) is 18.5. The molecule has 3 saturated carbocycles. The highest BCUT2D eigenvalue weighted by Gasteiger charge is 2.65. The molecule has 0 spiro atoms. The van der Waals surface area contributed by atoms with E-state index in [1.54, 1.807) is 19.3 Å². The van der Waals surface area contributed by atoms with E-state index < -0.39 is 5.60 Å². The van der Waals surface area contributed by atoms with E-state index in [4.69, 9.17) is 4.84 Å². The molecule has 1 amide bonds. The monoisotopic (exact) mass is 493 g/mol. The number of nitrogens with one attached hydrogen (secondary N) is 1. The lowest BCUT2D eigenvalue weighted by Crippen LogP contribution is -2.57. The lowest BCUT2D eigenvalue weighted by molar-refractivity contribution is -0.159. The van der Waals surface area contributed by atoms with Gasteiger partial charge in [-0.15, -0.1) is 0 Å². The molecule has 1 aromatic rings. The fraction of sp³-hybridized carbons (Fsp3) is 0.655. The first kappa shape index (κ1) is 25.1. The lowest BCUT2D eigenvalue weighted by Gasteiger charge is -2.59. The van der Waals surface area contributed by atoms with Gasteiger partial charge in [0.15, 0.2) is 12.4 Å². The maximum Gasteiger partial charge on any atom is 0.261 e. The van der Waals surface area contributed by atoms with Gasteiger partial charge in [0.25, 0.3) is 5.91 Å². The van der Waals surface area contributed by atoms with Gasteiger partial charge < -0.3 is 15.3 Å². The third kappa shape index (κ3) is 4.09. The van der Waals surface area contributed by atoms with Crippen molar-refractivity contribution in [2.24, 2.45) is 33.7 Å². The summed E-state index contributed by atoms with van der Waals surface area (Å²) >= 11 is 0. The number of aliphatic hydroxyl groups is 1. The Bertz CT molecular complexity index is 1090. The molecule has 4 aliphatic carbocycles. The van der Waals surface area contributed by atoms with Gasteiger partial charge in [0.05, 0.1) is 5.71 Å². The molecule has 4 aliphatic rings. The number of pyridine rings is 1. The smallest absolute Gasteiger partial charge is 0.261 e. The zero-order valence-corrected chi connectivity index (χ0v) is 21.8. The predicted molar refractivity (Wildman–Crippen MR) is 137 cm³/mol. The number of allylic oxidation sites excluding steroid dienone is 2. The molecule has 0 bridgehead atoms. The van der Waals surface area contributed by atoms with Crippen molar-refractivity contribution >= 4 is 17.4 Å². The lowest BCUT2D eigenvalue weighted by atomic mass is 9.46. The fourth-order valence-electron chi connectivity index (χ4n) is 8.17. The Morgan fingerprint density at radius 2 is 1.97 bits per heavy atom. The Hall–Kier alpha value is -2.54. The standard InChI is InChI=1S/C29H39N3O4/c1-19(33)29(35)13-10-25-23-7-6-21-15-22(8-11-27(21,2)24(23)9-12-28(25,29)3)32-36-18-26(34)31-17-20-5-4-14-30-16-20/h4-5,14-16,23-25,35H,6-13,17-18H2,1-3H3,(H,31,34)/b32-22-/t23-,24+,25+,27+,28+,29+/m1/s1. The number of carbonyl (C=O) groups excluding carboxylic acids is 2. The molecule has 3 fully saturated rings. The van der Waals surface area contributed by atoms with Crippen LogP contribution in [0.5, 0.6) is 0 Å². The molecule has 36 heavy (non-hydrogen) atoms. The maximum atomic E-state index is 12.4. The summed E-state index contributed by atoms with van der Waals surface area (Å²) in [6.07, 6.45) is 13.1. The minimum absolute atomic E-state index is 0.0576. The van der Waals surface area contributed by atoms with Crippen LogP contribution >= 0.6 is 0 Å². The van der Waals surface area contributed by atoms with Gasteiger partial charge in [0.1, 0.15) is 5.60 Å². The second-order valence-corrected chi connectivity index (χ2v) is 11.9. The Kier molecular flexibility index (Phi) is 6.56. The minimum atomic E-state index is -1.16. The number of hydrogen-bond donors (Lipinski definition) is 2. The first-order valence-electron chi connectivity index (χ1n) is 13.5. The molecule has 0 aromatic carbocycles. The van der Waals surface area contributed by atoms with Gasteiger partial charge in [0, 0.05) is 24.4 Å². The summed E-state index contributed by atoms with van der Waals surface area (Å²) in [7, 11) is 0. The highest BCUT2D eigenvalue weighted by molar-refractivity contribution is 5.96. The average molecular weight is 494 g/mol. The number of rotatable bonds is 6. The van der Waals surface area contributed by atoms with E-state index in [0.717, 1.165) is 56.2 Å². The van der Waals surface area contributed by atoms with E-state index in [1.165, 1.54) is 5.57 Å². The average Bonchev–Trinajstić information content (AvgIpc) is 3.15. The van der Waals surface area contributed by atoms with E-state index in [1.807, 2.05) is 12.1 Å². The fourth-order valence-corrected chi connectivity index (χ4v) is 8.17. The van der Waals surface area contributed by atoms with Crippen molar-refractivity contribution in [1.82, 2.24) is 10.3 Å². The Morgan fingerprint density at radius 3 is 2.72 bits per heavy atom. The van der Waals surface area contributed by atoms with Crippen LogP contribution in [-0.4, -0.2) is 39.7 Å². The van der Waals surface area contributed by atoms with E-state index >= 15 is 0 Å². The molecule has 5 rings (SSSR count). The second kappa shape index (κ2) is 9.40. The van der Waals surface area contributed by atoms with Gasteiger partial charge in [-0.1, -0.05) is 30.6 Å². The predicted octanol–water partition coefficient (Wildman–Crippen LogP) is 4.35. The van der Waals surface area contributed by atoms with Crippen molar-refractivity contribution in [2.75, 3.05) is 6.61 Å². The van der Waals surface area contributed by atoms with Crippen molar-refractivity contribution in [3.05, 3.63) is 41.7 Å². The van der Waals surface area contributed by atoms with Crippen molar-refractivity contribution in [1.29, 1.82) is 0 Å². The van der Waals surface area contributed by atoms with Crippen LogP contribution in [0.3, 0.4) is 0 Å². The van der Waals surface area contributed by atoms with Crippen LogP contribution in [0.4, 0.5) is 0 Å². The second-order valence-electron chi connectivity index (χ2n) is 11.9. The molecule has 2 N–H and O–H groups in total. The Balaban J connectivity index is 1.22. The molecule has 0 radical (unpaired) electrons. The number of ketones is 1. The first-order chi connectivity index (χ1) is 17.2. The molecular weight excluding hydrogens is 454 g/mol. The van der Waals surface area contributed by atoms with Crippen molar-refractivity contribution in [3.8, 4) is 0 Å². The van der Waals surface area contributed by atoms with E-state index in [9.17, 15) is 14.7 Å². The molecule has 6 atom stereocenters. The van der Waals surface area contributed by atoms with Crippen LogP contribution in [0.25, 0.3) is 0 Å². The zero-order chi connectivity index (χ0) is 25.6. The molecule has 1 heterocycles. The molecule has 7 nitrogen and oxygen atoms in total. The number of aromatic nitrogens is 1. The molecular formula is C29H39N3O4. The third-order valence-electron chi connectivity index (χ3n) is 10.3. The minimum Gasteiger partial charge on any atom is -0.385 e. The quantitative estimate of drug-likeness (QED) is 0.574. The van der Waals surface area contributed by atoms with E-state index in [2.05, 4.69) is 35.4 Å².